The molecule has 2 heterocycles. The molecule has 3 aromatic rings. The zero-order valence-corrected chi connectivity index (χ0v) is 12.7. The Bertz CT molecular complexity index is 826. The van der Waals surface area contributed by atoms with Crippen LogP contribution in [0.3, 0.4) is 0 Å². The van der Waals surface area contributed by atoms with Crippen LogP contribution < -0.4 is 5.32 Å². The van der Waals surface area contributed by atoms with Crippen molar-refractivity contribution in [1.82, 2.24) is 15.2 Å². The van der Waals surface area contributed by atoms with Gasteiger partial charge in [0.1, 0.15) is 0 Å². The Balaban J connectivity index is 1.76. The third-order valence-electron chi connectivity index (χ3n) is 4.23. The average Bonchev–Trinajstić information content (AvgIpc) is 3.04. The molecule has 0 spiro atoms. The number of aryl methyl sites for hydroxylation is 1. The molecular formula is C18H18N4O. The molecule has 5 nitrogen and oxygen atoms in total. The third-order valence-corrected chi connectivity index (χ3v) is 4.23. The number of aliphatic hydroxyl groups is 1. The minimum absolute atomic E-state index is 0.0952. The second kappa shape index (κ2) is 5.85. The van der Waals surface area contributed by atoms with Crippen LogP contribution in [0.4, 0.5) is 5.82 Å². The van der Waals surface area contributed by atoms with Crippen LogP contribution in [0.25, 0.3) is 22.4 Å². The summed E-state index contributed by atoms with van der Waals surface area (Å²) in [4.78, 5) is 4.66. The summed E-state index contributed by atoms with van der Waals surface area (Å²) in [5.41, 5.74) is 6.71. The van der Waals surface area contributed by atoms with Gasteiger partial charge in [-0.05, 0) is 24.5 Å². The molecule has 0 fully saturated rings. The molecular weight excluding hydrogens is 288 g/mol. The highest BCUT2D eigenvalue weighted by molar-refractivity contribution is 5.77. The fourth-order valence-corrected chi connectivity index (χ4v) is 3.09. The SMILES string of the molecule is OCCNc1n[nH]c2c1CCc1ncc(-c3ccccc3)cc1-2. The summed E-state index contributed by atoms with van der Waals surface area (Å²) in [5, 5.41) is 19.6. The second-order valence-electron chi connectivity index (χ2n) is 5.66. The number of nitrogens with one attached hydrogen (secondary N) is 2. The van der Waals surface area contributed by atoms with Gasteiger partial charge in [-0.2, -0.15) is 5.10 Å². The Labute approximate surface area is 134 Å². The van der Waals surface area contributed by atoms with Crippen LogP contribution in [0.5, 0.6) is 0 Å². The van der Waals surface area contributed by atoms with E-state index in [-0.39, 0.29) is 6.61 Å². The maximum Gasteiger partial charge on any atom is 0.151 e. The van der Waals surface area contributed by atoms with E-state index in [1.165, 1.54) is 5.56 Å². The van der Waals surface area contributed by atoms with E-state index >= 15 is 0 Å². The topological polar surface area (TPSA) is 73.8 Å². The highest BCUT2D eigenvalue weighted by Crippen LogP contribution is 2.36. The Morgan fingerprint density at radius 2 is 2.00 bits per heavy atom. The maximum atomic E-state index is 8.98. The van der Waals surface area contributed by atoms with Gasteiger partial charge in [0.2, 0.25) is 0 Å². The number of rotatable bonds is 4. The van der Waals surface area contributed by atoms with Crippen LogP contribution in [0.15, 0.2) is 42.6 Å². The van der Waals surface area contributed by atoms with Crippen molar-refractivity contribution in [1.29, 1.82) is 0 Å². The Morgan fingerprint density at radius 3 is 2.83 bits per heavy atom. The van der Waals surface area contributed by atoms with Gasteiger partial charge in [0.25, 0.3) is 0 Å². The summed E-state index contributed by atoms with van der Waals surface area (Å²) in [7, 11) is 0. The number of anilines is 1. The first-order valence-electron chi connectivity index (χ1n) is 7.83. The van der Waals surface area contributed by atoms with Gasteiger partial charge in [-0.25, -0.2) is 0 Å². The molecule has 4 rings (SSSR count). The van der Waals surface area contributed by atoms with Crippen LogP contribution in [0.1, 0.15) is 11.3 Å². The highest BCUT2D eigenvalue weighted by Gasteiger charge is 2.23. The lowest BCUT2D eigenvalue weighted by molar-refractivity contribution is 0.311. The highest BCUT2D eigenvalue weighted by atomic mass is 16.3. The molecule has 1 aliphatic rings. The van der Waals surface area contributed by atoms with E-state index in [0.29, 0.717) is 6.54 Å². The third kappa shape index (κ3) is 2.49. The standard InChI is InChI=1S/C18H18N4O/c23-9-8-19-18-14-6-7-16-15(17(14)21-22-18)10-13(11-20-16)12-4-2-1-3-5-12/h1-5,10-11,23H,6-9H2,(H2,19,21,22). The fourth-order valence-electron chi connectivity index (χ4n) is 3.09. The summed E-state index contributed by atoms with van der Waals surface area (Å²) in [5.74, 6) is 0.838. The molecule has 0 radical (unpaired) electrons. The number of benzene rings is 1. The largest absolute Gasteiger partial charge is 0.395 e. The molecule has 5 heteroatoms. The minimum atomic E-state index is 0.0952. The van der Waals surface area contributed by atoms with E-state index in [1.807, 2.05) is 24.4 Å². The van der Waals surface area contributed by atoms with Crippen molar-refractivity contribution in [2.75, 3.05) is 18.5 Å². The van der Waals surface area contributed by atoms with E-state index in [4.69, 9.17) is 5.11 Å². The molecule has 23 heavy (non-hydrogen) atoms. The number of hydrogen-bond acceptors (Lipinski definition) is 4. The van der Waals surface area contributed by atoms with Crippen LogP contribution in [0.2, 0.25) is 0 Å². The number of pyridine rings is 1. The Hall–Kier alpha value is -2.66. The first-order valence-corrected chi connectivity index (χ1v) is 7.83. The van der Waals surface area contributed by atoms with Gasteiger partial charge in [-0.15, -0.1) is 0 Å². The predicted molar refractivity (Wildman–Crippen MR) is 90.2 cm³/mol. The van der Waals surface area contributed by atoms with Crippen LogP contribution >= 0.6 is 0 Å². The van der Waals surface area contributed by atoms with Crippen molar-refractivity contribution in [3.8, 4) is 22.4 Å². The maximum absolute atomic E-state index is 8.98. The summed E-state index contributed by atoms with van der Waals surface area (Å²) in [6, 6.07) is 12.5. The lowest BCUT2D eigenvalue weighted by Crippen LogP contribution is -2.10. The molecule has 0 atom stereocenters. The van der Waals surface area contributed by atoms with Crippen molar-refractivity contribution in [3.05, 3.63) is 53.9 Å². The molecule has 0 aliphatic heterocycles. The molecule has 0 saturated carbocycles. The molecule has 1 aliphatic carbocycles. The first kappa shape index (κ1) is 14.0. The normalized spacial score (nSPS) is 12.6. The van der Waals surface area contributed by atoms with Crippen LogP contribution in [0, 0.1) is 0 Å². The summed E-state index contributed by atoms with van der Waals surface area (Å²) >= 11 is 0. The first-order chi connectivity index (χ1) is 11.4. The van der Waals surface area contributed by atoms with Crippen molar-refractivity contribution >= 4 is 5.82 Å². The number of hydrogen-bond donors (Lipinski definition) is 3. The minimum Gasteiger partial charge on any atom is -0.395 e. The Morgan fingerprint density at radius 1 is 1.13 bits per heavy atom. The average molecular weight is 306 g/mol. The summed E-state index contributed by atoms with van der Waals surface area (Å²) < 4.78 is 0. The number of fused-ring (bicyclic) bond motifs is 3. The van der Waals surface area contributed by atoms with Gasteiger partial charge in [-0.1, -0.05) is 30.3 Å². The molecule has 3 N–H and O–H groups in total. The van der Waals surface area contributed by atoms with E-state index in [9.17, 15) is 0 Å². The van der Waals surface area contributed by atoms with E-state index < -0.39 is 0 Å². The monoisotopic (exact) mass is 306 g/mol. The fraction of sp³-hybridized carbons (Fsp3) is 0.222. The van der Waals surface area contributed by atoms with Gasteiger partial charge >= 0.3 is 0 Å². The van der Waals surface area contributed by atoms with Gasteiger partial charge in [0.15, 0.2) is 5.82 Å². The van der Waals surface area contributed by atoms with Crippen molar-refractivity contribution in [2.24, 2.45) is 0 Å². The molecule has 1 aromatic carbocycles. The zero-order valence-electron chi connectivity index (χ0n) is 12.7. The smallest absolute Gasteiger partial charge is 0.151 e. The van der Waals surface area contributed by atoms with Crippen molar-refractivity contribution < 1.29 is 5.11 Å². The zero-order chi connectivity index (χ0) is 15.6. The molecule has 116 valence electrons. The number of nitrogens with zero attached hydrogens (tertiary/aromatic N) is 2. The molecule has 2 aromatic heterocycles. The quantitative estimate of drug-likeness (QED) is 0.693. The lowest BCUT2D eigenvalue weighted by atomic mass is 9.92. The number of aromatic nitrogens is 3. The lowest BCUT2D eigenvalue weighted by Gasteiger charge is -2.17. The Kier molecular flexibility index (Phi) is 3.55. The van der Waals surface area contributed by atoms with Crippen LogP contribution in [-0.4, -0.2) is 33.4 Å². The van der Waals surface area contributed by atoms with Gasteiger partial charge in [0, 0.05) is 29.4 Å². The van der Waals surface area contributed by atoms with E-state index in [1.54, 1.807) is 0 Å². The van der Waals surface area contributed by atoms with Gasteiger partial charge in [-0.3, -0.25) is 10.1 Å². The number of aliphatic hydroxyl groups excluding tert-OH is 1. The molecule has 0 bridgehead atoms. The summed E-state index contributed by atoms with van der Waals surface area (Å²) in [6.07, 6.45) is 3.76. The summed E-state index contributed by atoms with van der Waals surface area (Å²) in [6.45, 7) is 0.602. The second-order valence-corrected chi connectivity index (χ2v) is 5.66. The molecule has 0 saturated heterocycles. The van der Waals surface area contributed by atoms with E-state index in [0.717, 1.165) is 46.7 Å². The van der Waals surface area contributed by atoms with Gasteiger partial charge in [0.05, 0.1) is 18.0 Å². The van der Waals surface area contributed by atoms with Crippen molar-refractivity contribution in [3.63, 3.8) is 0 Å². The number of aromatic amines is 1. The van der Waals surface area contributed by atoms with E-state index in [2.05, 4.69) is 38.7 Å². The van der Waals surface area contributed by atoms with Crippen molar-refractivity contribution in [2.45, 2.75) is 12.8 Å². The van der Waals surface area contributed by atoms with Crippen LogP contribution in [-0.2, 0) is 12.8 Å². The molecule has 0 unspecified atom stereocenters. The predicted octanol–water partition coefficient (Wildman–Crippen LogP) is 2.64. The van der Waals surface area contributed by atoms with Gasteiger partial charge < -0.3 is 10.4 Å². The molecule has 0 amide bonds. The number of H-pyrrole nitrogens is 1.